The summed E-state index contributed by atoms with van der Waals surface area (Å²) in [6.07, 6.45) is 5.90. The summed E-state index contributed by atoms with van der Waals surface area (Å²) in [6.45, 7) is 20.8. The largest absolute Gasteiger partial charge is 0.419 e. The topological polar surface area (TPSA) is 19.0 Å². The van der Waals surface area contributed by atoms with Crippen LogP contribution in [0.5, 0.6) is 0 Å². The maximum atomic E-state index is 6.59. The molecule has 0 aliphatic heterocycles. The van der Waals surface area contributed by atoms with Gasteiger partial charge in [0.05, 0.1) is 5.60 Å². The second-order valence-corrected chi connectivity index (χ2v) is 10.7. The summed E-state index contributed by atoms with van der Waals surface area (Å²) in [4.78, 5) is 7.69. The van der Waals surface area contributed by atoms with Gasteiger partial charge in [0.1, 0.15) is 0 Å². The van der Waals surface area contributed by atoms with Crippen molar-refractivity contribution in [2.75, 3.05) is 60.4 Å². The zero-order valence-electron chi connectivity index (χ0n) is 20.9. The fourth-order valence-electron chi connectivity index (χ4n) is 4.46. The summed E-state index contributed by atoms with van der Waals surface area (Å²) in [5, 5.41) is 0. The number of nitrogens with zero attached hydrogens (tertiary/aromatic N) is 3. The van der Waals surface area contributed by atoms with E-state index in [4.69, 9.17) is 4.43 Å². The monoisotopic (exact) mass is 415 g/mol. The molecule has 0 rings (SSSR count). The first-order valence-electron chi connectivity index (χ1n) is 11.9. The van der Waals surface area contributed by atoms with E-state index in [1.54, 1.807) is 0 Å². The summed E-state index contributed by atoms with van der Waals surface area (Å²) in [7, 11) is 6.35. The average Bonchev–Trinajstić information content (AvgIpc) is 2.61. The summed E-state index contributed by atoms with van der Waals surface area (Å²) in [5.41, 5.74) is 0.379. The lowest BCUT2D eigenvalue weighted by atomic mass is 9.87. The molecule has 0 radical (unpaired) electrons. The zero-order chi connectivity index (χ0) is 21.6. The van der Waals surface area contributed by atoms with Gasteiger partial charge in [0, 0.05) is 25.0 Å². The average molecular weight is 416 g/mol. The standard InChI is InChI=1S/C23H53N3OSi/c1-10-15-24(7)18-23(19-25(8)16-11-2,20-26(9)17-12-3)21-28-27-22(6,13-4)14-5/h10-21,28H2,1-9H3. The van der Waals surface area contributed by atoms with Gasteiger partial charge in [0.2, 0.25) is 0 Å². The molecule has 28 heavy (non-hydrogen) atoms. The lowest BCUT2D eigenvalue weighted by molar-refractivity contribution is 0.0669. The van der Waals surface area contributed by atoms with E-state index in [1.807, 2.05) is 0 Å². The van der Waals surface area contributed by atoms with Crippen LogP contribution in [0.3, 0.4) is 0 Å². The van der Waals surface area contributed by atoms with Gasteiger partial charge in [0.15, 0.2) is 9.76 Å². The molecule has 0 aliphatic rings. The highest BCUT2D eigenvalue weighted by atomic mass is 28.2. The van der Waals surface area contributed by atoms with E-state index in [2.05, 4.69) is 77.4 Å². The summed E-state index contributed by atoms with van der Waals surface area (Å²) in [5.74, 6) is 0. The van der Waals surface area contributed by atoms with Gasteiger partial charge >= 0.3 is 0 Å². The summed E-state index contributed by atoms with van der Waals surface area (Å²) < 4.78 is 6.59. The molecule has 0 aromatic heterocycles. The van der Waals surface area contributed by atoms with Gasteiger partial charge in [-0.3, -0.25) is 0 Å². The van der Waals surface area contributed by atoms with Crippen LogP contribution in [0.4, 0.5) is 0 Å². The maximum absolute atomic E-state index is 6.59. The van der Waals surface area contributed by atoms with Crippen LogP contribution in [0.2, 0.25) is 6.04 Å². The van der Waals surface area contributed by atoms with Gasteiger partial charge < -0.3 is 19.1 Å². The Kier molecular flexibility index (Phi) is 15.0. The Morgan fingerprint density at radius 2 is 1.04 bits per heavy atom. The third-order valence-corrected chi connectivity index (χ3v) is 8.38. The summed E-state index contributed by atoms with van der Waals surface area (Å²) >= 11 is 0. The first-order valence-corrected chi connectivity index (χ1v) is 13.5. The highest BCUT2D eigenvalue weighted by Gasteiger charge is 2.35. The minimum absolute atomic E-state index is 0.0813. The molecule has 0 amide bonds. The molecule has 0 spiro atoms. The van der Waals surface area contributed by atoms with Crippen LogP contribution in [-0.2, 0) is 4.43 Å². The van der Waals surface area contributed by atoms with Gasteiger partial charge in [-0.05, 0) is 85.8 Å². The molecule has 0 aromatic rings. The molecular weight excluding hydrogens is 362 g/mol. The molecule has 170 valence electrons. The van der Waals surface area contributed by atoms with Crippen LogP contribution in [-0.4, -0.2) is 90.5 Å². The Balaban J connectivity index is 5.44. The Labute approximate surface area is 180 Å². The van der Waals surface area contributed by atoms with Gasteiger partial charge in [-0.2, -0.15) is 0 Å². The highest BCUT2D eigenvalue weighted by Crippen LogP contribution is 2.29. The van der Waals surface area contributed by atoms with Crippen molar-refractivity contribution in [1.29, 1.82) is 0 Å². The predicted molar refractivity (Wildman–Crippen MR) is 129 cm³/mol. The molecule has 5 heteroatoms. The second kappa shape index (κ2) is 14.9. The molecular formula is C23H53N3OSi. The van der Waals surface area contributed by atoms with E-state index in [-0.39, 0.29) is 5.60 Å². The van der Waals surface area contributed by atoms with Crippen molar-refractivity contribution in [3.8, 4) is 0 Å². The Bertz CT molecular complexity index is 341. The van der Waals surface area contributed by atoms with E-state index in [0.29, 0.717) is 5.41 Å². The van der Waals surface area contributed by atoms with Crippen LogP contribution >= 0.6 is 0 Å². The van der Waals surface area contributed by atoms with Crippen molar-refractivity contribution >= 4 is 9.76 Å². The van der Waals surface area contributed by atoms with Gasteiger partial charge in [0.25, 0.3) is 0 Å². The molecule has 0 fully saturated rings. The van der Waals surface area contributed by atoms with Crippen LogP contribution in [0.25, 0.3) is 0 Å². The lowest BCUT2D eigenvalue weighted by Crippen LogP contribution is -2.51. The van der Waals surface area contributed by atoms with Gasteiger partial charge in [-0.15, -0.1) is 0 Å². The molecule has 0 N–H and O–H groups in total. The van der Waals surface area contributed by atoms with Crippen LogP contribution < -0.4 is 0 Å². The third kappa shape index (κ3) is 11.3. The van der Waals surface area contributed by atoms with Crippen molar-refractivity contribution in [1.82, 2.24) is 14.7 Å². The van der Waals surface area contributed by atoms with Crippen molar-refractivity contribution in [2.45, 2.75) is 85.3 Å². The maximum Gasteiger partial charge on any atom is 0.163 e. The van der Waals surface area contributed by atoms with Crippen molar-refractivity contribution < 1.29 is 4.43 Å². The molecule has 0 aromatic carbocycles. The molecule has 4 nitrogen and oxygen atoms in total. The minimum Gasteiger partial charge on any atom is -0.419 e. The molecule has 0 bridgehead atoms. The van der Waals surface area contributed by atoms with Crippen molar-refractivity contribution in [3.63, 3.8) is 0 Å². The first kappa shape index (κ1) is 28.1. The lowest BCUT2D eigenvalue weighted by Gasteiger charge is -2.43. The normalized spacial score (nSPS) is 13.7. The Morgan fingerprint density at radius 3 is 1.32 bits per heavy atom. The quantitative estimate of drug-likeness (QED) is 0.314. The first-order chi connectivity index (χ1) is 13.2. The van der Waals surface area contributed by atoms with E-state index in [1.165, 1.54) is 64.6 Å². The van der Waals surface area contributed by atoms with Crippen molar-refractivity contribution in [3.05, 3.63) is 0 Å². The fourth-order valence-corrected chi connectivity index (χ4v) is 6.37. The SMILES string of the molecule is CCCN(C)CC(C[SiH2]OC(C)(CC)CC)(CN(C)CCC)CN(C)CCC. The minimum atomic E-state index is -0.570. The van der Waals surface area contributed by atoms with Gasteiger partial charge in [-0.1, -0.05) is 34.6 Å². The Morgan fingerprint density at radius 1 is 0.679 bits per heavy atom. The Hall–Kier alpha value is 0.0569. The van der Waals surface area contributed by atoms with E-state index in [9.17, 15) is 0 Å². The zero-order valence-corrected chi connectivity index (χ0v) is 22.4. The van der Waals surface area contributed by atoms with E-state index in [0.717, 1.165) is 12.8 Å². The van der Waals surface area contributed by atoms with E-state index >= 15 is 0 Å². The molecule has 0 atom stereocenters. The molecule has 0 saturated heterocycles. The van der Waals surface area contributed by atoms with Crippen LogP contribution in [0.1, 0.15) is 73.6 Å². The van der Waals surface area contributed by atoms with Gasteiger partial charge in [-0.25, -0.2) is 0 Å². The van der Waals surface area contributed by atoms with Crippen LogP contribution in [0.15, 0.2) is 0 Å². The molecule has 0 unspecified atom stereocenters. The molecule has 0 aliphatic carbocycles. The highest BCUT2D eigenvalue weighted by molar-refractivity contribution is 6.27. The van der Waals surface area contributed by atoms with Crippen molar-refractivity contribution in [2.24, 2.45) is 5.41 Å². The molecule has 0 saturated carbocycles. The third-order valence-electron chi connectivity index (χ3n) is 6.21. The smallest absolute Gasteiger partial charge is 0.163 e. The fraction of sp³-hybridized carbons (Fsp3) is 1.00. The number of hydrogen-bond donors (Lipinski definition) is 0. The summed E-state index contributed by atoms with van der Waals surface area (Å²) in [6, 6.07) is 1.26. The predicted octanol–water partition coefficient (Wildman–Crippen LogP) is 4.10. The number of hydrogen-bond acceptors (Lipinski definition) is 4. The van der Waals surface area contributed by atoms with Crippen LogP contribution in [0, 0.1) is 5.41 Å². The number of rotatable bonds is 18. The van der Waals surface area contributed by atoms with E-state index < -0.39 is 9.76 Å². The molecule has 0 heterocycles. The second-order valence-electron chi connectivity index (χ2n) is 9.47.